The highest BCUT2D eigenvalue weighted by molar-refractivity contribution is 6.35. The van der Waals surface area contributed by atoms with E-state index in [1.54, 1.807) is 19.2 Å². The number of nitrogens with one attached hydrogen (secondary N) is 2. The van der Waals surface area contributed by atoms with Crippen LogP contribution in [0.1, 0.15) is 37.4 Å². The lowest BCUT2D eigenvalue weighted by atomic mass is 10.0. The molecule has 0 aliphatic carbocycles. The van der Waals surface area contributed by atoms with Crippen LogP contribution in [-0.2, 0) is 6.54 Å². The molecule has 1 unspecified atom stereocenters. The number of halogens is 1. The molecule has 0 spiro atoms. The van der Waals surface area contributed by atoms with Crippen LogP contribution in [0, 0.1) is 6.92 Å². The Hall–Kier alpha value is -1.52. The molecule has 4 nitrogen and oxygen atoms in total. The van der Waals surface area contributed by atoms with Gasteiger partial charge in [0.25, 0.3) is 0 Å². The Kier molecular flexibility index (Phi) is 4.64. The van der Waals surface area contributed by atoms with Gasteiger partial charge in [-0.3, -0.25) is 4.79 Å². The van der Waals surface area contributed by atoms with Crippen molar-refractivity contribution in [3.05, 3.63) is 38.6 Å². The molecule has 0 saturated carbocycles. The Morgan fingerprint density at radius 1 is 1.39 bits per heavy atom. The number of quaternary nitrogens is 1. The van der Waals surface area contributed by atoms with Gasteiger partial charge in [-0.2, -0.15) is 0 Å². The molecule has 2 aromatic rings. The van der Waals surface area contributed by atoms with Crippen LogP contribution in [-0.4, -0.2) is 24.7 Å². The lowest BCUT2D eigenvalue weighted by molar-refractivity contribution is -0.942. The SMILES string of the molecule is COc1ccc(Cl)c2c(=O)c(C[NH+]3CCCC[C@H]3C)c(C)[nH]c12. The molecule has 5 heteroatoms. The van der Waals surface area contributed by atoms with Gasteiger partial charge in [0.2, 0.25) is 0 Å². The molecule has 3 rings (SSSR count). The number of aromatic nitrogens is 1. The molecule has 0 bridgehead atoms. The van der Waals surface area contributed by atoms with Crippen LogP contribution in [0.15, 0.2) is 16.9 Å². The number of hydrogen-bond donors (Lipinski definition) is 2. The lowest BCUT2D eigenvalue weighted by Crippen LogP contribution is -3.15. The van der Waals surface area contributed by atoms with E-state index in [0.29, 0.717) is 27.7 Å². The number of likely N-dealkylation sites (tertiary alicyclic amines) is 1. The highest BCUT2D eigenvalue weighted by Crippen LogP contribution is 2.28. The summed E-state index contributed by atoms with van der Waals surface area (Å²) in [5.74, 6) is 0.648. The predicted molar refractivity (Wildman–Crippen MR) is 93.7 cm³/mol. The van der Waals surface area contributed by atoms with E-state index in [1.807, 2.05) is 6.92 Å². The Bertz CT molecular complexity index is 785. The van der Waals surface area contributed by atoms with Crippen LogP contribution in [0.2, 0.25) is 5.02 Å². The number of hydrogen-bond acceptors (Lipinski definition) is 2. The molecular formula is C18H24ClN2O2+. The number of pyridine rings is 1. The number of ether oxygens (including phenoxy) is 1. The van der Waals surface area contributed by atoms with Gasteiger partial charge in [0.1, 0.15) is 12.3 Å². The first-order chi connectivity index (χ1) is 11.0. The van der Waals surface area contributed by atoms with Gasteiger partial charge in [0.05, 0.1) is 41.2 Å². The summed E-state index contributed by atoms with van der Waals surface area (Å²) in [5, 5.41) is 1.01. The van der Waals surface area contributed by atoms with Gasteiger partial charge in [-0.1, -0.05) is 11.6 Å². The number of benzene rings is 1. The maximum Gasteiger partial charge on any atom is 0.200 e. The summed E-state index contributed by atoms with van der Waals surface area (Å²) in [6.07, 6.45) is 3.76. The molecular weight excluding hydrogens is 312 g/mol. The minimum Gasteiger partial charge on any atom is -0.495 e. The molecule has 0 amide bonds. The van der Waals surface area contributed by atoms with Gasteiger partial charge in [0.15, 0.2) is 5.43 Å². The Morgan fingerprint density at radius 3 is 2.87 bits per heavy atom. The average molecular weight is 336 g/mol. The van der Waals surface area contributed by atoms with E-state index in [0.717, 1.165) is 24.3 Å². The molecule has 23 heavy (non-hydrogen) atoms. The monoisotopic (exact) mass is 335 g/mol. The third-order valence-corrected chi connectivity index (χ3v) is 5.40. The summed E-state index contributed by atoms with van der Waals surface area (Å²) in [6, 6.07) is 4.12. The number of H-pyrrole nitrogens is 1. The van der Waals surface area contributed by atoms with E-state index in [-0.39, 0.29) is 5.43 Å². The van der Waals surface area contributed by atoms with Gasteiger partial charge in [-0.25, -0.2) is 0 Å². The standard InChI is InChI=1S/C18H23ClN2O2/c1-11-6-4-5-9-21(11)10-13-12(2)20-17-15(23-3)8-7-14(19)16(17)18(13)22/h7-8,11H,4-6,9-10H2,1-3H3,(H,20,22)/p+1/t11-/m1/s1. The minimum atomic E-state index is 0.0328. The number of rotatable bonds is 3. The van der Waals surface area contributed by atoms with E-state index in [9.17, 15) is 4.79 Å². The summed E-state index contributed by atoms with van der Waals surface area (Å²) in [6.45, 7) is 6.12. The van der Waals surface area contributed by atoms with Crippen molar-refractivity contribution < 1.29 is 9.64 Å². The number of aromatic amines is 1. The zero-order chi connectivity index (χ0) is 16.6. The van der Waals surface area contributed by atoms with Crippen molar-refractivity contribution in [3.63, 3.8) is 0 Å². The van der Waals surface area contributed by atoms with Crippen LogP contribution in [0.25, 0.3) is 10.9 Å². The van der Waals surface area contributed by atoms with E-state index in [1.165, 1.54) is 24.2 Å². The number of methoxy groups -OCH3 is 1. The summed E-state index contributed by atoms with van der Waals surface area (Å²) in [4.78, 5) is 17.9. The molecule has 0 radical (unpaired) electrons. The fraction of sp³-hybridized carbons (Fsp3) is 0.500. The molecule has 2 N–H and O–H groups in total. The highest BCUT2D eigenvalue weighted by atomic mass is 35.5. The second-order valence-electron chi connectivity index (χ2n) is 6.54. The molecule has 1 saturated heterocycles. The van der Waals surface area contributed by atoms with Crippen molar-refractivity contribution >= 4 is 22.5 Å². The van der Waals surface area contributed by atoms with Crippen LogP contribution in [0.5, 0.6) is 5.75 Å². The average Bonchev–Trinajstić information content (AvgIpc) is 2.53. The third kappa shape index (κ3) is 2.98. The fourth-order valence-corrected chi connectivity index (χ4v) is 3.86. The molecule has 1 fully saturated rings. The van der Waals surface area contributed by atoms with Crippen LogP contribution in [0.3, 0.4) is 0 Å². The third-order valence-electron chi connectivity index (χ3n) is 5.09. The zero-order valence-corrected chi connectivity index (χ0v) is 14.7. The van der Waals surface area contributed by atoms with Gasteiger partial charge in [-0.05, 0) is 45.2 Å². The van der Waals surface area contributed by atoms with Gasteiger partial charge < -0.3 is 14.6 Å². The number of piperidine rings is 1. The van der Waals surface area contributed by atoms with Gasteiger partial charge >= 0.3 is 0 Å². The van der Waals surface area contributed by atoms with E-state index in [4.69, 9.17) is 16.3 Å². The quantitative estimate of drug-likeness (QED) is 0.905. The van der Waals surface area contributed by atoms with Crippen molar-refractivity contribution in [2.45, 2.75) is 45.7 Å². The minimum absolute atomic E-state index is 0.0328. The second-order valence-corrected chi connectivity index (χ2v) is 6.95. The first kappa shape index (κ1) is 16.3. The maximum atomic E-state index is 13.0. The van der Waals surface area contributed by atoms with E-state index in [2.05, 4.69) is 11.9 Å². The van der Waals surface area contributed by atoms with Crippen molar-refractivity contribution in [2.75, 3.05) is 13.7 Å². The normalized spacial score (nSPS) is 21.6. The Morgan fingerprint density at radius 2 is 2.17 bits per heavy atom. The highest BCUT2D eigenvalue weighted by Gasteiger charge is 2.25. The summed E-state index contributed by atoms with van der Waals surface area (Å²) < 4.78 is 5.37. The number of aryl methyl sites for hydroxylation is 1. The van der Waals surface area contributed by atoms with Crippen LogP contribution < -0.4 is 15.1 Å². The molecule has 124 valence electrons. The Balaban J connectivity index is 2.11. The molecule has 1 aliphatic heterocycles. The smallest absolute Gasteiger partial charge is 0.200 e. The summed E-state index contributed by atoms with van der Waals surface area (Å²) in [7, 11) is 1.60. The molecule has 2 heterocycles. The van der Waals surface area contributed by atoms with Crippen LogP contribution in [0.4, 0.5) is 0 Å². The van der Waals surface area contributed by atoms with Gasteiger partial charge in [0, 0.05) is 5.69 Å². The van der Waals surface area contributed by atoms with Crippen LogP contribution >= 0.6 is 11.6 Å². The van der Waals surface area contributed by atoms with E-state index >= 15 is 0 Å². The second kappa shape index (κ2) is 6.54. The van der Waals surface area contributed by atoms with Gasteiger partial charge in [-0.15, -0.1) is 0 Å². The summed E-state index contributed by atoms with van der Waals surface area (Å²) >= 11 is 6.30. The molecule has 1 aliphatic rings. The molecule has 1 aromatic carbocycles. The largest absolute Gasteiger partial charge is 0.495 e. The molecule has 2 atom stereocenters. The predicted octanol–water partition coefficient (Wildman–Crippen LogP) is 2.46. The van der Waals surface area contributed by atoms with E-state index < -0.39 is 0 Å². The van der Waals surface area contributed by atoms with Crippen molar-refractivity contribution in [1.82, 2.24) is 4.98 Å². The first-order valence-corrected chi connectivity index (χ1v) is 8.63. The first-order valence-electron chi connectivity index (χ1n) is 8.25. The van der Waals surface area contributed by atoms with Crippen molar-refractivity contribution in [1.29, 1.82) is 0 Å². The Labute approximate surface area is 141 Å². The summed E-state index contributed by atoms with van der Waals surface area (Å²) in [5.41, 5.74) is 2.48. The topological polar surface area (TPSA) is 46.5 Å². The zero-order valence-electron chi connectivity index (χ0n) is 14.0. The fourth-order valence-electron chi connectivity index (χ4n) is 3.61. The maximum absolute atomic E-state index is 13.0. The van der Waals surface area contributed by atoms with Crippen molar-refractivity contribution in [2.24, 2.45) is 0 Å². The molecule has 1 aromatic heterocycles. The number of fused-ring (bicyclic) bond motifs is 1. The lowest BCUT2D eigenvalue weighted by Gasteiger charge is -2.30. The van der Waals surface area contributed by atoms with Crippen molar-refractivity contribution in [3.8, 4) is 5.75 Å².